The Balaban J connectivity index is 1.36. The Labute approximate surface area is 194 Å². The first-order valence-electron chi connectivity index (χ1n) is 12.2. The van der Waals surface area contributed by atoms with E-state index in [1.807, 2.05) is 21.1 Å². The summed E-state index contributed by atoms with van der Waals surface area (Å²) in [7, 11) is 5.54. The number of amides is 1. The van der Waals surface area contributed by atoms with E-state index in [1.54, 1.807) is 4.90 Å². The van der Waals surface area contributed by atoms with Crippen LogP contribution in [0.3, 0.4) is 0 Å². The average molecular weight is 443 g/mol. The predicted octanol–water partition coefficient (Wildman–Crippen LogP) is 2.15. The van der Waals surface area contributed by atoms with Crippen molar-refractivity contribution >= 4 is 11.9 Å². The van der Waals surface area contributed by atoms with Gasteiger partial charge >= 0.3 is 0 Å². The molecule has 2 aliphatic rings. The molecule has 3 rings (SSSR count). The van der Waals surface area contributed by atoms with Crippen LogP contribution >= 0.6 is 0 Å². The van der Waals surface area contributed by atoms with Gasteiger partial charge in [0.25, 0.3) is 0 Å². The van der Waals surface area contributed by atoms with Crippen molar-refractivity contribution in [2.24, 2.45) is 4.99 Å². The topological polar surface area (TPSA) is 63.2 Å². The van der Waals surface area contributed by atoms with Gasteiger partial charge in [0.15, 0.2) is 5.96 Å². The van der Waals surface area contributed by atoms with E-state index in [0.717, 1.165) is 70.8 Å². The SMILES string of the molecule is CN=C(NCCCN1CCCC1C(=O)N(C)C)NC1CCN(Cc2ccccc2)C(C)C1. The van der Waals surface area contributed by atoms with Crippen LogP contribution in [-0.4, -0.2) is 92.0 Å². The zero-order chi connectivity index (χ0) is 22.9. The summed E-state index contributed by atoms with van der Waals surface area (Å²) in [6.07, 6.45) is 5.34. The second kappa shape index (κ2) is 12.2. The lowest BCUT2D eigenvalue weighted by atomic mass is 9.97. The molecule has 2 heterocycles. The minimum atomic E-state index is 0.0602. The summed E-state index contributed by atoms with van der Waals surface area (Å²) < 4.78 is 0. The number of likely N-dealkylation sites (tertiary alicyclic amines) is 2. The summed E-state index contributed by atoms with van der Waals surface area (Å²) in [6, 6.07) is 11.8. The summed E-state index contributed by atoms with van der Waals surface area (Å²) in [4.78, 5) is 23.4. The standard InChI is InChI=1S/C25H42N6O/c1-20-18-22(13-17-31(20)19-21-10-6-5-7-11-21)28-25(26-2)27-14-9-16-30-15-8-12-23(30)24(32)29(3)4/h5-7,10-11,20,22-23H,8-9,12-19H2,1-4H3,(H2,26,27,28). The largest absolute Gasteiger partial charge is 0.356 e. The molecule has 0 aliphatic carbocycles. The van der Waals surface area contributed by atoms with Gasteiger partial charge in [0.2, 0.25) is 5.91 Å². The fourth-order valence-electron chi connectivity index (χ4n) is 4.95. The van der Waals surface area contributed by atoms with Crippen molar-refractivity contribution < 1.29 is 4.79 Å². The van der Waals surface area contributed by atoms with Crippen LogP contribution in [0.4, 0.5) is 0 Å². The number of hydrogen-bond donors (Lipinski definition) is 2. The Morgan fingerprint density at radius 1 is 1.16 bits per heavy atom. The number of likely N-dealkylation sites (N-methyl/N-ethyl adjacent to an activating group) is 1. The summed E-state index contributed by atoms with van der Waals surface area (Å²) in [5.41, 5.74) is 1.38. The average Bonchev–Trinajstić information content (AvgIpc) is 3.26. The second-order valence-electron chi connectivity index (χ2n) is 9.45. The molecule has 7 heteroatoms. The molecule has 1 aromatic rings. The zero-order valence-corrected chi connectivity index (χ0v) is 20.4. The van der Waals surface area contributed by atoms with Crippen molar-refractivity contribution in [2.45, 2.75) is 63.7 Å². The van der Waals surface area contributed by atoms with Crippen molar-refractivity contribution in [2.75, 3.05) is 47.3 Å². The van der Waals surface area contributed by atoms with Crippen molar-refractivity contribution in [3.05, 3.63) is 35.9 Å². The Morgan fingerprint density at radius 3 is 2.62 bits per heavy atom. The molecule has 2 saturated heterocycles. The number of nitrogens with one attached hydrogen (secondary N) is 2. The molecule has 32 heavy (non-hydrogen) atoms. The highest BCUT2D eigenvalue weighted by molar-refractivity contribution is 5.81. The van der Waals surface area contributed by atoms with E-state index in [-0.39, 0.29) is 11.9 Å². The molecule has 0 aromatic heterocycles. The van der Waals surface area contributed by atoms with Crippen LogP contribution in [0.15, 0.2) is 35.3 Å². The zero-order valence-electron chi connectivity index (χ0n) is 20.4. The smallest absolute Gasteiger partial charge is 0.239 e. The molecular formula is C25H42N6O. The third-order valence-electron chi connectivity index (χ3n) is 6.81. The number of nitrogens with zero attached hydrogens (tertiary/aromatic N) is 4. The van der Waals surface area contributed by atoms with Gasteiger partial charge in [0.1, 0.15) is 0 Å². The van der Waals surface area contributed by atoms with Crippen LogP contribution in [0.5, 0.6) is 0 Å². The second-order valence-corrected chi connectivity index (χ2v) is 9.45. The van der Waals surface area contributed by atoms with E-state index >= 15 is 0 Å². The minimum Gasteiger partial charge on any atom is -0.356 e. The highest BCUT2D eigenvalue weighted by atomic mass is 16.2. The highest BCUT2D eigenvalue weighted by Gasteiger charge is 2.31. The Hall–Kier alpha value is -2.12. The molecule has 1 aromatic carbocycles. The lowest BCUT2D eigenvalue weighted by molar-refractivity contribution is -0.133. The van der Waals surface area contributed by atoms with E-state index in [4.69, 9.17) is 0 Å². The van der Waals surface area contributed by atoms with Gasteiger partial charge in [0.05, 0.1) is 6.04 Å². The maximum absolute atomic E-state index is 12.4. The van der Waals surface area contributed by atoms with Crippen molar-refractivity contribution in [3.8, 4) is 0 Å². The van der Waals surface area contributed by atoms with Gasteiger partial charge in [-0.15, -0.1) is 0 Å². The van der Waals surface area contributed by atoms with Gasteiger partial charge in [0, 0.05) is 59.4 Å². The summed E-state index contributed by atoms with van der Waals surface area (Å²) in [5.74, 6) is 1.13. The fraction of sp³-hybridized carbons (Fsp3) is 0.680. The molecule has 2 N–H and O–H groups in total. The maximum Gasteiger partial charge on any atom is 0.239 e. The first-order chi connectivity index (χ1) is 15.5. The van der Waals surface area contributed by atoms with E-state index in [1.165, 1.54) is 5.56 Å². The van der Waals surface area contributed by atoms with Crippen LogP contribution < -0.4 is 10.6 Å². The Morgan fingerprint density at radius 2 is 1.94 bits per heavy atom. The van der Waals surface area contributed by atoms with Crippen LogP contribution in [-0.2, 0) is 11.3 Å². The van der Waals surface area contributed by atoms with E-state index in [9.17, 15) is 4.79 Å². The van der Waals surface area contributed by atoms with Gasteiger partial charge in [-0.25, -0.2) is 0 Å². The number of guanidine groups is 1. The quantitative estimate of drug-likeness (QED) is 0.367. The Kier molecular flexibility index (Phi) is 9.36. The number of hydrogen-bond acceptors (Lipinski definition) is 4. The fourth-order valence-corrected chi connectivity index (χ4v) is 4.95. The van der Waals surface area contributed by atoms with Gasteiger partial charge < -0.3 is 15.5 Å². The van der Waals surface area contributed by atoms with Crippen LogP contribution in [0.2, 0.25) is 0 Å². The number of rotatable bonds is 8. The number of carbonyl (C=O) groups excluding carboxylic acids is 1. The predicted molar refractivity (Wildman–Crippen MR) is 132 cm³/mol. The lowest BCUT2D eigenvalue weighted by Crippen LogP contribution is -2.51. The molecule has 2 aliphatic heterocycles. The van der Waals surface area contributed by atoms with Gasteiger partial charge in [-0.05, 0) is 51.1 Å². The normalized spacial score (nSPS) is 25.0. The van der Waals surface area contributed by atoms with Gasteiger partial charge in [-0.3, -0.25) is 19.6 Å². The summed E-state index contributed by atoms with van der Waals surface area (Å²) in [5, 5.41) is 7.11. The molecule has 0 saturated carbocycles. The number of piperidine rings is 1. The van der Waals surface area contributed by atoms with Crippen LogP contribution in [0.1, 0.15) is 44.6 Å². The molecule has 1 amide bonds. The molecule has 0 bridgehead atoms. The molecule has 7 nitrogen and oxygen atoms in total. The minimum absolute atomic E-state index is 0.0602. The molecule has 2 fully saturated rings. The van der Waals surface area contributed by atoms with Gasteiger partial charge in [-0.1, -0.05) is 30.3 Å². The molecule has 3 unspecified atom stereocenters. The number of benzene rings is 1. The molecule has 0 radical (unpaired) electrons. The summed E-state index contributed by atoms with van der Waals surface area (Å²) in [6.45, 7) is 7.28. The highest BCUT2D eigenvalue weighted by Crippen LogP contribution is 2.20. The molecule has 0 spiro atoms. The van der Waals surface area contributed by atoms with Crippen LogP contribution in [0.25, 0.3) is 0 Å². The first-order valence-corrected chi connectivity index (χ1v) is 12.2. The Bertz CT molecular complexity index is 737. The number of carbonyl (C=O) groups is 1. The third-order valence-corrected chi connectivity index (χ3v) is 6.81. The van der Waals surface area contributed by atoms with Crippen molar-refractivity contribution in [1.82, 2.24) is 25.3 Å². The molecule has 3 atom stereocenters. The van der Waals surface area contributed by atoms with Crippen LogP contribution in [0, 0.1) is 0 Å². The number of aliphatic imine (C=N–C) groups is 1. The monoisotopic (exact) mass is 442 g/mol. The van der Waals surface area contributed by atoms with E-state index in [2.05, 4.69) is 62.7 Å². The van der Waals surface area contributed by atoms with E-state index < -0.39 is 0 Å². The molecular weight excluding hydrogens is 400 g/mol. The maximum atomic E-state index is 12.4. The van der Waals surface area contributed by atoms with Crippen molar-refractivity contribution in [1.29, 1.82) is 0 Å². The summed E-state index contributed by atoms with van der Waals surface area (Å²) >= 11 is 0. The van der Waals surface area contributed by atoms with Gasteiger partial charge in [-0.2, -0.15) is 0 Å². The lowest BCUT2D eigenvalue weighted by Gasteiger charge is -2.38. The molecule has 178 valence electrons. The third kappa shape index (κ3) is 6.94. The first kappa shape index (κ1) is 24.5. The van der Waals surface area contributed by atoms with Crippen molar-refractivity contribution in [3.63, 3.8) is 0 Å². The van der Waals surface area contributed by atoms with E-state index in [0.29, 0.717) is 12.1 Å².